The van der Waals surface area contributed by atoms with Crippen molar-refractivity contribution >= 4 is 5.97 Å². The molecule has 1 rings (SSSR count). The Morgan fingerprint density at radius 1 is 1.35 bits per heavy atom. The quantitative estimate of drug-likeness (QED) is 0.637. The van der Waals surface area contributed by atoms with Crippen molar-refractivity contribution in [2.75, 3.05) is 33.5 Å². The molecule has 112 valence electrons. The van der Waals surface area contributed by atoms with Gasteiger partial charge in [0.15, 0.2) is 11.4 Å². The molecule has 1 aromatic heterocycles. The minimum Gasteiger partial charge on any atom is -0.488 e. The standard InChI is InChI=1S/C13H19NO6/c1-9-3-4-11(12(14-9)13(16)17)20-8-10(15)7-19-6-5-18-2/h3-4,10,15H,5-8H2,1-2H3,(H,16,17). The third kappa shape index (κ3) is 5.52. The van der Waals surface area contributed by atoms with Gasteiger partial charge in [0.25, 0.3) is 0 Å². The number of aromatic nitrogens is 1. The summed E-state index contributed by atoms with van der Waals surface area (Å²) in [5.41, 5.74) is 0.413. The van der Waals surface area contributed by atoms with Gasteiger partial charge < -0.3 is 24.4 Å². The summed E-state index contributed by atoms with van der Waals surface area (Å²) in [5, 5.41) is 18.6. The molecule has 20 heavy (non-hydrogen) atoms. The van der Waals surface area contributed by atoms with Gasteiger partial charge in [-0.1, -0.05) is 0 Å². The first-order valence-electron chi connectivity index (χ1n) is 6.13. The number of aryl methyl sites for hydroxylation is 1. The lowest BCUT2D eigenvalue weighted by atomic mass is 10.3. The number of carboxylic acid groups (broad SMARTS) is 1. The number of hydrogen-bond acceptors (Lipinski definition) is 6. The number of aromatic carboxylic acids is 1. The molecule has 0 saturated heterocycles. The number of hydrogen-bond donors (Lipinski definition) is 2. The molecule has 1 aromatic rings. The zero-order valence-corrected chi connectivity index (χ0v) is 11.5. The number of aliphatic hydroxyl groups excluding tert-OH is 1. The van der Waals surface area contributed by atoms with E-state index in [0.717, 1.165) is 0 Å². The van der Waals surface area contributed by atoms with Crippen LogP contribution in [-0.2, 0) is 9.47 Å². The number of aliphatic hydroxyl groups is 1. The van der Waals surface area contributed by atoms with Gasteiger partial charge in [0.1, 0.15) is 12.7 Å². The van der Waals surface area contributed by atoms with E-state index >= 15 is 0 Å². The van der Waals surface area contributed by atoms with Crippen LogP contribution < -0.4 is 4.74 Å². The van der Waals surface area contributed by atoms with E-state index < -0.39 is 12.1 Å². The molecule has 0 radical (unpaired) electrons. The monoisotopic (exact) mass is 285 g/mol. The predicted octanol–water partition coefficient (Wildman–Crippen LogP) is 0.491. The van der Waals surface area contributed by atoms with Crippen molar-refractivity contribution < 1.29 is 29.2 Å². The SMILES string of the molecule is COCCOCC(O)COc1ccc(C)nc1C(=O)O. The highest BCUT2D eigenvalue weighted by atomic mass is 16.5. The summed E-state index contributed by atoms with van der Waals surface area (Å²) in [7, 11) is 1.56. The van der Waals surface area contributed by atoms with Gasteiger partial charge in [-0.05, 0) is 19.1 Å². The van der Waals surface area contributed by atoms with Gasteiger partial charge in [-0.3, -0.25) is 0 Å². The molecule has 0 bridgehead atoms. The van der Waals surface area contributed by atoms with E-state index in [1.54, 1.807) is 20.1 Å². The fourth-order valence-corrected chi connectivity index (χ4v) is 1.41. The number of methoxy groups -OCH3 is 1. The zero-order chi connectivity index (χ0) is 15.0. The van der Waals surface area contributed by atoms with Gasteiger partial charge in [0.2, 0.25) is 0 Å². The molecule has 7 heteroatoms. The molecule has 0 spiro atoms. The highest BCUT2D eigenvalue weighted by Gasteiger charge is 2.15. The van der Waals surface area contributed by atoms with E-state index in [1.165, 1.54) is 6.07 Å². The molecular formula is C13H19NO6. The first-order valence-corrected chi connectivity index (χ1v) is 6.13. The summed E-state index contributed by atoms with van der Waals surface area (Å²) < 4.78 is 15.2. The van der Waals surface area contributed by atoms with Crippen LogP contribution in [0, 0.1) is 6.92 Å². The topological polar surface area (TPSA) is 98.1 Å². The lowest BCUT2D eigenvalue weighted by Crippen LogP contribution is -2.25. The van der Waals surface area contributed by atoms with Crippen molar-refractivity contribution in [1.29, 1.82) is 0 Å². The molecule has 0 aromatic carbocycles. The van der Waals surface area contributed by atoms with Crippen LogP contribution in [0.1, 0.15) is 16.2 Å². The molecule has 1 atom stereocenters. The summed E-state index contributed by atoms with van der Waals surface area (Å²) in [6, 6.07) is 3.16. The van der Waals surface area contributed by atoms with Crippen LogP contribution in [0.25, 0.3) is 0 Å². The lowest BCUT2D eigenvalue weighted by Gasteiger charge is -2.13. The number of pyridine rings is 1. The third-order valence-electron chi connectivity index (χ3n) is 2.37. The number of ether oxygens (including phenoxy) is 3. The maximum absolute atomic E-state index is 11.0. The number of rotatable bonds is 9. The van der Waals surface area contributed by atoms with Gasteiger partial charge in [-0.15, -0.1) is 0 Å². The van der Waals surface area contributed by atoms with Crippen molar-refractivity contribution in [2.45, 2.75) is 13.0 Å². The maximum Gasteiger partial charge on any atom is 0.358 e. The van der Waals surface area contributed by atoms with E-state index in [1.807, 2.05) is 0 Å². The van der Waals surface area contributed by atoms with Crippen molar-refractivity contribution in [3.8, 4) is 5.75 Å². The second-order valence-electron chi connectivity index (χ2n) is 4.14. The third-order valence-corrected chi connectivity index (χ3v) is 2.37. The second kappa shape index (κ2) is 8.47. The van der Waals surface area contributed by atoms with Crippen LogP contribution in [0.3, 0.4) is 0 Å². The Bertz CT molecular complexity index is 437. The van der Waals surface area contributed by atoms with Crippen LogP contribution in [0.15, 0.2) is 12.1 Å². The predicted molar refractivity (Wildman–Crippen MR) is 70.1 cm³/mol. The number of carboxylic acids is 1. The van der Waals surface area contributed by atoms with Crippen LogP contribution in [0.4, 0.5) is 0 Å². The Balaban J connectivity index is 2.46. The molecule has 0 saturated carbocycles. The van der Waals surface area contributed by atoms with Crippen LogP contribution >= 0.6 is 0 Å². The molecule has 0 aliphatic rings. The first-order chi connectivity index (χ1) is 9.54. The maximum atomic E-state index is 11.0. The Morgan fingerprint density at radius 2 is 2.10 bits per heavy atom. The van der Waals surface area contributed by atoms with Gasteiger partial charge >= 0.3 is 5.97 Å². The highest BCUT2D eigenvalue weighted by Crippen LogP contribution is 2.17. The summed E-state index contributed by atoms with van der Waals surface area (Å²) in [6.45, 7) is 2.52. The molecule has 2 N–H and O–H groups in total. The Kier molecular flexibility index (Phi) is 6.92. The van der Waals surface area contributed by atoms with Crippen LogP contribution in [0.5, 0.6) is 5.75 Å². The molecule has 1 heterocycles. The average molecular weight is 285 g/mol. The Morgan fingerprint density at radius 3 is 2.75 bits per heavy atom. The lowest BCUT2D eigenvalue weighted by molar-refractivity contribution is -0.00445. The minimum absolute atomic E-state index is 0.0714. The van der Waals surface area contributed by atoms with Gasteiger partial charge in [0, 0.05) is 12.8 Å². The van der Waals surface area contributed by atoms with Crippen molar-refractivity contribution in [1.82, 2.24) is 4.98 Å². The minimum atomic E-state index is -1.17. The van der Waals surface area contributed by atoms with Gasteiger partial charge in [0.05, 0.1) is 19.8 Å². The number of nitrogens with zero attached hydrogens (tertiary/aromatic N) is 1. The summed E-state index contributed by atoms with van der Waals surface area (Å²) in [6.07, 6.45) is -0.852. The molecule has 0 aliphatic heterocycles. The summed E-state index contributed by atoms with van der Waals surface area (Å²) >= 11 is 0. The first kappa shape index (κ1) is 16.4. The normalized spacial score (nSPS) is 12.2. The van der Waals surface area contributed by atoms with Crippen molar-refractivity contribution in [3.63, 3.8) is 0 Å². The summed E-state index contributed by atoms with van der Waals surface area (Å²) in [4.78, 5) is 14.9. The fourth-order valence-electron chi connectivity index (χ4n) is 1.41. The van der Waals surface area contributed by atoms with E-state index in [0.29, 0.717) is 18.9 Å². The smallest absolute Gasteiger partial charge is 0.358 e. The van der Waals surface area contributed by atoms with Crippen molar-refractivity contribution in [2.24, 2.45) is 0 Å². The van der Waals surface area contributed by atoms with Crippen LogP contribution in [-0.4, -0.2) is 60.8 Å². The molecule has 1 unspecified atom stereocenters. The average Bonchev–Trinajstić information content (AvgIpc) is 2.42. The van der Waals surface area contributed by atoms with Gasteiger partial charge in [-0.2, -0.15) is 0 Å². The van der Waals surface area contributed by atoms with E-state index in [4.69, 9.17) is 19.3 Å². The van der Waals surface area contributed by atoms with E-state index in [9.17, 15) is 9.90 Å². The van der Waals surface area contributed by atoms with E-state index in [2.05, 4.69) is 4.98 Å². The summed E-state index contributed by atoms with van der Waals surface area (Å²) in [5.74, 6) is -1.05. The fraction of sp³-hybridized carbons (Fsp3) is 0.538. The van der Waals surface area contributed by atoms with Crippen LogP contribution in [0.2, 0.25) is 0 Å². The molecule has 7 nitrogen and oxygen atoms in total. The largest absolute Gasteiger partial charge is 0.488 e. The zero-order valence-electron chi connectivity index (χ0n) is 11.5. The highest BCUT2D eigenvalue weighted by molar-refractivity contribution is 5.88. The molecule has 0 amide bonds. The Hall–Kier alpha value is -1.70. The molecular weight excluding hydrogens is 266 g/mol. The molecule has 0 fully saturated rings. The molecule has 0 aliphatic carbocycles. The Labute approximate surface area is 117 Å². The number of carbonyl (C=O) groups is 1. The van der Waals surface area contributed by atoms with Gasteiger partial charge in [-0.25, -0.2) is 9.78 Å². The van der Waals surface area contributed by atoms with Crippen molar-refractivity contribution in [3.05, 3.63) is 23.5 Å². The second-order valence-corrected chi connectivity index (χ2v) is 4.14. The van der Waals surface area contributed by atoms with E-state index in [-0.39, 0.29) is 24.7 Å².